The minimum absolute atomic E-state index is 0.210. The van der Waals surface area contributed by atoms with Crippen molar-refractivity contribution in [1.82, 2.24) is 29.7 Å². The highest BCUT2D eigenvalue weighted by molar-refractivity contribution is 6.01. The van der Waals surface area contributed by atoms with Crippen LogP contribution in [0, 0.1) is 5.92 Å². The molecular weight excluding hydrogens is 344 g/mol. The number of nitrogens with one attached hydrogen (secondary N) is 2. The molecule has 0 bridgehead atoms. The summed E-state index contributed by atoms with van der Waals surface area (Å²) in [5.41, 5.74) is 8.84. The van der Waals surface area contributed by atoms with E-state index in [2.05, 4.69) is 27.8 Å². The molecular formula is C18H24N8O. The lowest BCUT2D eigenvalue weighted by Gasteiger charge is -2.21. The van der Waals surface area contributed by atoms with E-state index in [1.165, 1.54) is 6.20 Å². The summed E-state index contributed by atoms with van der Waals surface area (Å²) in [7, 11) is 0. The summed E-state index contributed by atoms with van der Waals surface area (Å²) in [6.45, 7) is 6.78. The van der Waals surface area contributed by atoms with Crippen LogP contribution in [-0.4, -0.2) is 49.4 Å². The van der Waals surface area contributed by atoms with E-state index in [1.807, 2.05) is 24.0 Å². The normalized spacial score (nSPS) is 19.6. The molecule has 4 N–H and O–H groups in total. The van der Waals surface area contributed by atoms with Crippen molar-refractivity contribution in [3.05, 3.63) is 30.4 Å². The number of rotatable bonds is 6. The molecule has 1 aliphatic rings. The van der Waals surface area contributed by atoms with Crippen molar-refractivity contribution in [2.45, 2.75) is 32.9 Å². The van der Waals surface area contributed by atoms with Crippen LogP contribution in [0.4, 0.5) is 5.69 Å². The van der Waals surface area contributed by atoms with Crippen molar-refractivity contribution >= 4 is 17.2 Å². The number of imidazole rings is 1. The van der Waals surface area contributed by atoms with E-state index in [0.717, 1.165) is 37.3 Å². The molecule has 1 saturated heterocycles. The molecule has 9 nitrogen and oxygen atoms in total. The summed E-state index contributed by atoms with van der Waals surface area (Å²) < 4.78 is 3.52. The standard InChI is InChI=1S/C18H24N8O/c1-3-11-5-20-8-14(11)23-16-13(17(19)27)7-22-26-10-15(24-18(16)26)12-6-21-25(4-2)9-12/h6-7,9-11,14,20,23H,3-5,8H2,1-2H3,(H2,19,27)/t11-,14-/m1/s1. The van der Waals surface area contributed by atoms with Crippen molar-refractivity contribution in [2.24, 2.45) is 11.7 Å². The average molecular weight is 368 g/mol. The first-order valence-corrected chi connectivity index (χ1v) is 9.29. The maximum Gasteiger partial charge on any atom is 0.252 e. The van der Waals surface area contributed by atoms with Gasteiger partial charge in [-0.25, -0.2) is 9.50 Å². The molecule has 9 heteroatoms. The van der Waals surface area contributed by atoms with Crippen LogP contribution in [0.5, 0.6) is 0 Å². The largest absolute Gasteiger partial charge is 0.377 e. The van der Waals surface area contributed by atoms with Crippen molar-refractivity contribution in [3.8, 4) is 11.3 Å². The number of amides is 1. The minimum atomic E-state index is -0.519. The molecule has 0 unspecified atom stereocenters. The zero-order chi connectivity index (χ0) is 19.0. The highest BCUT2D eigenvalue weighted by Crippen LogP contribution is 2.27. The maximum absolute atomic E-state index is 12.0. The summed E-state index contributed by atoms with van der Waals surface area (Å²) >= 11 is 0. The second-order valence-electron chi connectivity index (χ2n) is 6.85. The quantitative estimate of drug-likeness (QED) is 0.601. The molecule has 3 aromatic heterocycles. The molecule has 142 valence electrons. The monoisotopic (exact) mass is 368 g/mol. The molecule has 0 radical (unpaired) electrons. The van der Waals surface area contributed by atoms with Crippen LogP contribution >= 0.6 is 0 Å². The molecule has 1 aliphatic heterocycles. The lowest BCUT2D eigenvalue weighted by molar-refractivity contribution is 0.100. The van der Waals surface area contributed by atoms with E-state index in [0.29, 0.717) is 22.8 Å². The number of nitrogens with two attached hydrogens (primary N) is 1. The van der Waals surface area contributed by atoms with Crippen LogP contribution in [0.25, 0.3) is 16.9 Å². The summed E-state index contributed by atoms with van der Waals surface area (Å²) in [4.78, 5) is 16.7. The zero-order valence-corrected chi connectivity index (χ0v) is 15.5. The lowest BCUT2D eigenvalue weighted by atomic mass is 10.0. The Balaban J connectivity index is 1.79. The Morgan fingerprint density at radius 3 is 2.85 bits per heavy atom. The predicted molar refractivity (Wildman–Crippen MR) is 102 cm³/mol. The van der Waals surface area contributed by atoms with E-state index >= 15 is 0 Å². The van der Waals surface area contributed by atoms with Crippen molar-refractivity contribution in [3.63, 3.8) is 0 Å². The van der Waals surface area contributed by atoms with Gasteiger partial charge < -0.3 is 16.4 Å². The van der Waals surface area contributed by atoms with E-state index in [1.54, 1.807) is 10.7 Å². The van der Waals surface area contributed by atoms with Crippen LogP contribution in [-0.2, 0) is 6.54 Å². The van der Waals surface area contributed by atoms with Gasteiger partial charge in [-0.1, -0.05) is 13.3 Å². The first kappa shape index (κ1) is 17.5. The third kappa shape index (κ3) is 3.14. The number of carbonyl (C=O) groups is 1. The Hall–Kier alpha value is -2.94. The van der Waals surface area contributed by atoms with Crippen LogP contribution in [0.1, 0.15) is 30.6 Å². The molecule has 27 heavy (non-hydrogen) atoms. The Kier molecular flexibility index (Phi) is 4.53. The molecule has 4 heterocycles. The number of primary amides is 1. The number of nitrogens with zero attached hydrogens (tertiary/aromatic N) is 5. The summed E-state index contributed by atoms with van der Waals surface area (Å²) in [5.74, 6) is -0.0361. The summed E-state index contributed by atoms with van der Waals surface area (Å²) in [6, 6.07) is 0.210. The highest BCUT2D eigenvalue weighted by atomic mass is 16.1. The van der Waals surface area contributed by atoms with Gasteiger partial charge in [0.15, 0.2) is 5.65 Å². The molecule has 0 saturated carbocycles. The zero-order valence-electron chi connectivity index (χ0n) is 15.5. The molecule has 0 spiro atoms. The number of aryl methyl sites for hydroxylation is 1. The van der Waals surface area contributed by atoms with E-state index in [4.69, 9.17) is 10.7 Å². The molecule has 2 atom stereocenters. The van der Waals surface area contributed by atoms with Crippen molar-refractivity contribution in [1.29, 1.82) is 0 Å². The van der Waals surface area contributed by atoms with Gasteiger partial charge in [-0.2, -0.15) is 10.2 Å². The fraction of sp³-hybridized carbons (Fsp3) is 0.444. The summed E-state index contributed by atoms with van der Waals surface area (Å²) in [5, 5.41) is 15.5. The minimum Gasteiger partial charge on any atom is -0.377 e. The Morgan fingerprint density at radius 1 is 1.30 bits per heavy atom. The molecule has 1 fully saturated rings. The smallest absolute Gasteiger partial charge is 0.252 e. The fourth-order valence-corrected chi connectivity index (χ4v) is 3.59. The maximum atomic E-state index is 12.0. The van der Waals surface area contributed by atoms with Gasteiger partial charge in [-0.15, -0.1) is 0 Å². The summed E-state index contributed by atoms with van der Waals surface area (Å²) in [6.07, 6.45) is 8.11. The van der Waals surface area contributed by atoms with E-state index < -0.39 is 5.91 Å². The van der Waals surface area contributed by atoms with Gasteiger partial charge in [0.2, 0.25) is 0 Å². The van der Waals surface area contributed by atoms with Crippen molar-refractivity contribution < 1.29 is 4.79 Å². The first-order chi connectivity index (χ1) is 13.1. The number of carbonyl (C=O) groups excluding carboxylic acids is 1. The van der Waals surface area contributed by atoms with Crippen LogP contribution in [0.15, 0.2) is 24.8 Å². The van der Waals surface area contributed by atoms with Crippen molar-refractivity contribution in [2.75, 3.05) is 18.4 Å². The molecule has 0 aliphatic carbocycles. The number of fused-ring (bicyclic) bond motifs is 1. The average Bonchev–Trinajstić information content (AvgIpc) is 3.39. The van der Waals surface area contributed by atoms with Gasteiger partial charge in [0.1, 0.15) is 0 Å². The van der Waals surface area contributed by atoms with Crippen LogP contribution in [0.2, 0.25) is 0 Å². The SMILES string of the molecule is CC[C@@H]1CNC[C@H]1Nc1c(C(N)=O)cnn2cc(-c3cnn(CC)c3)nc12. The molecule has 0 aromatic carbocycles. The number of hydrogen-bond donors (Lipinski definition) is 3. The number of aromatic nitrogens is 5. The van der Waals surface area contributed by atoms with E-state index in [-0.39, 0.29) is 6.04 Å². The second-order valence-corrected chi connectivity index (χ2v) is 6.85. The van der Waals surface area contributed by atoms with Gasteiger partial charge in [0.25, 0.3) is 5.91 Å². The van der Waals surface area contributed by atoms with Gasteiger partial charge in [0, 0.05) is 37.4 Å². The van der Waals surface area contributed by atoms with Gasteiger partial charge >= 0.3 is 0 Å². The third-order valence-corrected chi connectivity index (χ3v) is 5.20. The number of anilines is 1. The lowest BCUT2D eigenvalue weighted by Crippen LogP contribution is -2.30. The number of hydrogen-bond acceptors (Lipinski definition) is 6. The predicted octanol–water partition coefficient (Wildman–Crippen LogP) is 1.12. The van der Waals surface area contributed by atoms with Gasteiger partial charge in [0.05, 0.1) is 35.5 Å². The third-order valence-electron chi connectivity index (χ3n) is 5.20. The Labute approximate surface area is 157 Å². The Morgan fingerprint density at radius 2 is 2.15 bits per heavy atom. The second kappa shape index (κ2) is 6.99. The van der Waals surface area contributed by atoms with E-state index in [9.17, 15) is 4.79 Å². The topological polar surface area (TPSA) is 115 Å². The Bertz CT molecular complexity index is 975. The fourth-order valence-electron chi connectivity index (χ4n) is 3.59. The molecule has 1 amide bonds. The molecule has 4 rings (SSSR count). The first-order valence-electron chi connectivity index (χ1n) is 9.29. The highest BCUT2D eigenvalue weighted by Gasteiger charge is 2.28. The van der Waals surface area contributed by atoms with Gasteiger partial charge in [-0.3, -0.25) is 9.48 Å². The van der Waals surface area contributed by atoms with Crippen LogP contribution < -0.4 is 16.4 Å². The molecule has 3 aromatic rings. The van der Waals surface area contributed by atoms with Gasteiger partial charge in [-0.05, 0) is 12.8 Å². The van der Waals surface area contributed by atoms with Crippen LogP contribution in [0.3, 0.4) is 0 Å².